The zero-order valence-electron chi connectivity index (χ0n) is 28.6. The van der Waals surface area contributed by atoms with E-state index >= 15 is 0 Å². The van der Waals surface area contributed by atoms with Gasteiger partial charge in [-0.3, -0.25) is 0 Å². The highest BCUT2D eigenvalue weighted by Crippen LogP contribution is 2.40. The molecule has 0 aliphatic rings. The highest BCUT2D eigenvalue weighted by Gasteiger charge is 2.28. The van der Waals surface area contributed by atoms with Crippen molar-refractivity contribution in [1.29, 1.82) is 0 Å². The van der Waals surface area contributed by atoms with E-state index in [1.54, 1.807) is 0 Å². The maximum absolute atomic E-state index is 6.32. The summed E-state index contributed by atoms with van der Waals surface area (Å²) in [7, 11) is 0. The first-order chi connectivity index (χ1) is 21.8. The number of hydrogen-bond donors (Lipinski definition) is 0. The summed E-state index contributed by atoms with van der Waals surface area (Å²) < 4.78 is 12.6. The van der Waals surface area contributed by atoms with Crippen LogP contribution in [0.1, 0.15) is 83.3 Å². The van der Waals surface area contributed by atoms with Crippen molar-refractivity contribution in [2.75, 3.05) is 0 Å². The first kappa shape index (κ1) is 32.6. The summed E-state index contributed by atoms with van der Waals surface area (Å²) in [5, 5.41) is 0. The lowest BCUT2D eigenvalue weighted by Crippen LogP contribution is -2.22. The van der Waals surface area contributed by atoms with Gasteiger partial charge in [-0.15, -0.1) is 0 Å². The smallest absolute Gasteiger partial charge is 0.133 e. The van der Waals surface area contributed by atoms with Crippen LogP contribution in [0.25, 0.3) is 12.2 Å². The second kappa shape index (κ2) is 12.9. The Bertz CT molecular complexity index is 1680. The Hall–Kier alpha value is -4.82. The second-order valence-corrected chi connectivity index (χ2v) is 13.5. The SMILES string of the molecule is C=Cc1ccc(Oc2c(C)cc(C(C)(C)c3ccc(C(C)(C)c4cc(C)c(Oc5ccc(C=C)cc5)c(C)c4)cc3)cc2C)cc1. The number of hydrogen-bond acceptors (Lipinski definition) is 2. The predicted octanol–water partition coefficient (Wildman–Crippen LogP) is 12.4. The first-order valence-electron chi connectivity index (χ1n) is 16.0. The van der Waals surface area contributed by atoms with Gasteiger partial charge in [-0.05, 0) is 108 Å². The molecule has 0 saturated carbocycles. The van der Waals surface area contributed by atoms with E-state index in [0.717, 1.165) is 56.4 Å². The van der Waals surface area contributed by atoms with Crippen LogP contribution in [0.4, 0.5) is 0 Å². The molecule has 46 heavy (non-hydrogen) atoms. The van der Waals surface area contributed by atoms with Crippen LogP contribution in [0, 0.1) is 27.7 Å². The van der Waals surface area contributed by atoms with Crippen LogP contribution >= 0.6 is 0 Å². The molecule has 0 aliphatic heterocycles. The Kier molecular flexibility index (Phi) is 9.13. The van der Waals surface area contributed by atoms with Crippen molar-refractivity contribution < 1.29 is 9.47 Å². The molecule has 2 heteroatoms. The van der Waals surface area contributed by atoms with E-state index in [2.05, 4.69) is 117 Å². The number of aryl methyl sites for hydroxylation is 4. The summed E-state index contributed by atoms with van der Waals surface area (Å²) in [5.74, 6) is 3.48. The average Bonchev–Trinajstić information content (AvgIpc) is 3.04. The molecule has 0 atom stereocenters. The quantitative estimate of drug-likeness (QED) is 0.157. The monoisotopic (exact) mass is 606 g/mol. The van der Waals surface area contributed by atoms with Gasteiger partial charge >= 0.3 is 0 Å². The van der Waals surface area contributed by atoms with Gasteiger partial charge in [-0.25, -0.2) is 0 Å². The van der Waals surface area contributed by atoms with Gasteiger partial charge in [0, 0.05) is 10.8 Å². The Labute approximate surface area is 276 Å². The summed E-state index contributed by atoms with van der Waals surface area (Å²) in [6.45, 7) is 25.4. The number of ether oxygens (including phenoxy) is 2. The predicted molar refractivity (Wildman–Crippen MR) is 196 cm³/mol. The van der Waals surface area contributed by atoms with Crippen molar-refractivity contribution in [3.63, 3.8) is 0 Å². The zero-order valence-corrected chi connectivity index (χ0v) is 28.6. The van der Waals surface area contributed by atoms with Crippen molar-refractivity contribution in [2.24, 2.45) is 0 Å². The van der Waals surface area contributed by atoms with Gasteiger partial charge in [-0.2, -0.15) is 0 Å². The van der Waals surface area contributed by atoms with Crippen molar-refractivity contribution in [3.8, 4) is 23.0 Å². The molecule has 0 unspecified atom stereocenters. The number of benzene rings is 5. The highest BCUT2D eigenvalue weighted by atomic mass is 16.5. The van der Waals surface area contributed by atoms with Crippen LogP contribution in [0.15, 0.2) is 110 Å². The highest BCUT2D eigenvalue weighted by molar-refractivity contribution is 5.54. The van der Waals surface area contributed by atoms with E-state index in [1.807, 2.05) is 60.7 Å². The molecule has 0 aromatic heterocycles. The lowest BCUT2D eigenvalue weighted by atomic mass is 9.74. The normalized spacial score (nSPS) is 11.7. The van der Waals surface area contributed by atoms with E-state index in [9.17, 15) is 0 Å². The Morgan fingerprint density at radius 2 is 0.717 bits per heavy atom. The van der Waals surface area contributed by atoms with E-state index in [0.29, 0.717) is 0 Å². The minimum absolute atomic E-state index is 0.182. The van der Waals surface area contributed by atoms with Gasteiger partial charge in [-0.1, -0.05) is 126 Å². The van der Waals surface area contributed by atoms with Crippen molar-refractivity contribution >= 4 is 12.2 Å². The van der Waals surface area contributed by atoms with Crippen LogP contribution in [-0.2, 0) is 10.8 Å². The molecule has 5 aromatic carbocycles. The van der Waals surface area contributed by atoms with Crippen molar-refractivity contribution in [1.82, 2.24) is 0 Å². The molecule has 234 valence electrons. The lowest BCUT2D eigenvalue weighted by molar-refractivity contribution is 0.473. The molecule has 0 heterocycles. The van der Waals surface area contributed by atoms with Gasteiger partial charge in [0.25, 0.3) is 0 Å². The third-order valence-corrected chi connectivity index (χ3v) is 9.36. The average molecular weight is 607 g/mol. The summed E-state index contributed by atoms with van der Waals surface area (Å²) >= 11 is 0. The molecule has 0 amide bonds. The van der Waals surface area contributed by atoms with E-state index in [1.165, 1.54) is 22.3 Å². The van der Waals surface area contributed by atoms with Gasteiger partial charge in [0.2, 0.25) is 0 Å². The molecular weight excluding hydrogens is 560 g/mol. The summed E-state index contributed by atoms with van der Waals surface area (Å²) in [4.78, 5) is 0. The Balaban J connectivity index is 1.37. The molecule has 0 fully saturated rings. The molecule has 2 nitrogen and oxygen atoms in total. The Morgan fingerprint density at radius 3 is 0.978 bits per heavy atom. The third-order valence-electron chi connectivity index (χ3n) is 9.36. The molecule has 0 spiro atoms. The molecule has 0 N–H and O–H groups in total. The largest absolute Gasteiger partial charge is 0.457 e. The molecule has 0 saturated heterocycles. The van der Waals surface area contributed by atoms with Gasteiger partial charge in [0.05, 0.1) is 0 Å². The van der Waals surface area contributed by atoms with E-state index in [-0.39, 0.29) is 10.8 Å². The lowest BCUT2D eigenvalue weighted by Gasteiger charge is -2.31. The first-order valence-corrected chi connectivity index (χ1v) is 16.0. The van der Waals surface area contributed by atoms with Gasteiger partial charge in [0.1, 0.15) is 23.0 Å². The topological polar surface area (TPSA) is 18.5 Å². The van der Waals surface area contributed by atoms with Crippen LogP contribution in [0.2, 0.25) is 0 Å². The summed E-state index contributed by atoms with van der Waals surface area (Å²) in [5.41, 5.74) is 11.4. The minimum Gasteiger partial charge on any atom is -0.457 e. The van der Waals surface area contributed by atoms with Crippen LogP contribution in [0.5, 0.6) is 23.0 Å². The zero-order chi connectivity index (χ0) is 33.2. The molecule has 0 aliphatic carbocycles. The van der Waals surface area contributed by atoms with Gasteiger partial charge in [0.15, 0.2) is 0 Å². The summed E-state index contributed by atoms with van der Waals surface area (Å²) in [6.07, 6.45) is 3.68. The molecule has 0 radical (unpaired) electrons. The minimum atomic E-state index is -0.182. The van der Waals surface area contributed by atoms with Crippen molar-refractivity contribution in [2.45, 2.75) is 66.2 Å². The fraction of sp³-hybridized carbons (Fsp3) is 0.227. The second-order valence-electron chi connectivity index (χ2n) is 13.5. The number of rotatable bonds is 10. The third kappa shape index (κ3) is 6.58. The van der Waals surface area contributed by atoms with Crippen LogP contribution in [0.3, 0.4) is 0 Å². The van der Waals surface area contributed by atoms with Gasteiger partial charge < -0.3 is 9.47 Å². The fourth-order valence-corrected chi connectivity index (χ4v) is 6.16. The molecule has 5 rings (SSSR count). The maximum Gasteiger partial charge on any atom is 0.133 e. The summed E-state index contributed by atoms with van der Waals surface area (Å²) in [6, 6.07) is 34.3. The molecular formula is C44H46O2. The standard InChI is InChI=1S/C44H46O2/c1-11-33-13-21-39(22-14-33)45-41-29(3)25-37(26-30(41)4)43(7,8)35-17-19-36(20-18-35)44(9,10)38-27-31(5)42(32(6)28-38)46-40-23-15-34(12-2)16-24-40/h11-28H,1-2H2,3-10H3. The van der Waals surface area contributed by atoms with E-state index < -0.39 is 0 Å². The molecule has 5 aromatic rings. The Morgan fingerprint density at radius 1 is 0.435 bits per heavy atom. The molecule has 0 bridgehead atoms. The van der Waals surface area contributed by atoms with Crippen molar-refractivity contribution in [3.05, 3.63) is 166 Å². The van der Waals surface area contributed by atoms with E-state index in [4.69, 9.17) is 9.47 Å². The maximum atomic E-state index is 6.32. The fourth-order valence-electron chi connectivity index (χ4n) is 6.16. The van der Waals surface area contributed by atoms with Crippen LogP contribution in [-0.4, -0.2) is 0 Å². The van der Waals surface area contributed by atoms with Crippen LogP contribution < -0.4 is 9.47 Å².